The quantitative estimate of drug-likeness (QED) is 0.766. The second-order valence-electron chi connectivity index (χ2n) is 4.01. The normalized spacial score (nSPS) is 10.4. The van der Waals surface area contributed by atoms with E-state index in [-0.39, 0.29) is 25.2 Å². The highest BCUT2D eigenvalue weighted by atomic mass is 16.5. The van der Waals surface area contributed by atoms with Crippen LogP contribution in [0.5, 0.6) is 5.75 Å². The second-order valence-corrected chi connectivity index (χ2v) is 4.01. The van der Waals surface area contributed by atoms with Crippen LogP contribution in [0, 0.1) is 0 Å². The van der Waals surface area contributed by atoms with E-state index in [1.54, 1.807) is 12.1 Å². The lowest BCUT2D eigenvalue weighted by Crippen LogP contribution is -2.37. The second kappa shape index (κ2) is 7.66. The SMILES string of the molecule is CCC(CC)NC(=O)COc1ccc(CO)nc1. The average Bonchev–Trinajstić information content (AvgIpc) is 2.43. The zero-order chi connectivity index (χ0) is 13.4. The predicted molar refractivity (Wildman–Crippen MR) is 68.2 cm³/mol. The number of pyridine rings is 1. The van der Waals surface area contributed by atoms with Crippen molar-refractivity contribution < 1.29 is 14.6 Å². The highest BCUT2D eigenvalue weighted by Crippen LogP contribution is 2.08. The third kappa shape index (κ3) is 4.71. The predicted octanol–water partition coefficient (Wildman–Crippen LogP) is 1.26. The summed E-state index contributed by atoms with van der Waals surface area (Å²) < 4.78 is 5.30. The summed E-state index contributed by atoms with van der Waals surface area (Å²) in [6.45, 7) is 3.95. The van der Waals surface area contributed by atoms with E-state index in [0.29, 0.717) is 11.4 Å². The van der Waals surface area contributed by atoms with Crippen molar-refractivity contribution in [1.82, 2.24) is 10.3 Å². The molecule has 1 heterocycles. The Morgan fingerprint density at radius 2 is 2.17 bits per heavy atom. The van der Waals surface area contributed by atoms with Crippen molar-refractivity contribution >= 4 is 5.91 Å². The van der Waals surface area contributed by atoms with Gasteiger partial charge in [-0.15, -0.1) is 0 Å². The Kier molecular flexibility index (Phi) is 6.14. The van der Waals surface area contributed by atoms with Crippen LogP contribution in [0.15, 0.2) is 18.3 Å². The van der Waals surface area contributed by atoms with E-state index in [0.717, 1.165) is 12.8 Å². The van der Waals surface area contributed by atoms with E-state index in [4.69, 9.17) is 9.84 Å². The first-order chi connectivity index (χ1) is 8.69. The molecule has 0 radical (unpaired) electrons. The van der Waals surface area contributed by atoms with Crippen LogP contribution in [0.1, 0.15) is 32.4 Å². The smallest absolute Gasteiger partial charge is 0.258 e. The third-order valence-electron chi connectivity index (χ3n) is 2.68. The van der Waals surface area contributed by atoms with E-state index >= 15 is 0 Å². The van der Waals surface area contributed by atoms with Crippen LogP contribution in [-0.4, -0.2) is 28.6 Å². The lowest BCUT2D eigenvalue weighted by Gasteiger charge is -2.14. The van der Waals surface area contributed by atoms with Crippen LogP contribution in [0.3, 0.4) is 0 Å². The summed E-state index contributed by atoms with van der Waals surface area (Å²) in [5.41, 5.74) is 0.573. The standard InChI is InChI=1S/C13H20N2O3/c1-3-10(4-2)15-13(17)9-18-12-6-5-11(8-16)14-7-12/h5-7,10,16H,3-4,8-9H2,1-2H3,(H,15,17). The minimum atomic E-state index is -0.130. The van der Waals surface area contributed by atoms with E-state index in [1.807, 2.05) is 13.8 Å². The lowest BCUT2D eigenvalue weighted by atomic mass is 10.2. The zero-order valence-corrected chi connectivity index (χ0v) is 10.8. The maximum Gasteiger partial charge on any atom is 0.258 e. The lowest BCUT2D eigenvalue weighted by molar-refractivity contribution is -0.123. The molecular formula is C13H20N2O3. The number of nitrogens with one attached hydrogen (secondary N) is 1. The summed E-state index contributed by atoms with van der Waals surface area (Å²) in [6, 6.07) is 3.55. The largest absolute Gasteiger partial charge is 0.482 e. The molecule has 5 heteroatoms. The Bertz CT molecular complexity index is 361. The number of carbonyl (C=O) groups is 1. The van der Waals surface area contributed by atoms with Crippen molar-refractivity contribution in [2.75, 3.05) is 6.61 Å². The van der Waals surface area contributed by atoms with E-state index in [9.17, 15) is 4.79 Å². The number of hydrogen-bond donors (Lipinski definition) is 2. The van der Waals surface area contributed by atoms with Crippen molar-refractivity contribution in [3.63, 3.8) is 0 Å². The topological polar surface area (TPSA) is 71.5 Å². The molecule has 1 rings (SSSR count). The maximum atomic E-state index is 11.6. The molecule has 1 aromatic heterocycles. The molecule has 0 aromatic carbocycles. The van der Waals surface area contributed by atoms with Gasteiger partial charge in [0, 0.05) is 6.04 Å². The molecule has 100 valence electrons. The molecule has 0 spiro atoms. The van der Waals surface area contributed by atoms with Crippen LogP contribution in [0.4, 0.5) is 0 Å². The molecule has 1 aromatic rings. The summed E-state index contributed by atoms with van der Waals surface area (Å²) in [5, 5.41) is 11.7. The first-order valence-electron chi connectivity index (χ1n) is 6.17. The number of rotatable bonds is 7. The number of carbonyl (C=O) groups excluding carboxylic acids is 1. The minimum Gasteiger partial charge on any atom is -0.482 e. The van der Waals surface area contributed by atoms with Crippen LogP contribution in [-0.2, 0) is 11.4 Å². The molecule has 0 aliphatic heterocycles. The van der Waals surface area contributed by atoms with Crippen molar-refractivity contribution in [3.8, 4) is 5.75 Å². The van der Waals surface area contributed by atoms with Crippen molar-refractivity contribution in [2.24, 2.45) is 0 Å². The van der Waals surface area contributed by atoms with E-state index in [2.05, 4.69) is 10.3 Å². The molecule has 5 nitrogen and oxygen atoms in total. The summed E-state index contributed by atoms with van der Waals surface area (Å²) in [6.07, 6.45) is 3.32. The van der Waals surface area contributed by atoms with Gasteiger partial charge in [-0.1, -0.05) is 13.8 Å². The fraction of sp³-hybridized carbons (Fsp3) is 0.538. The van der Waals surface area contributed by atoms with E-state index in [1.165, 1.54) is 6.20 Å². The molecular weight excluding hydrogens is 232 g/mol. The van der Waals surface area contributed by atoms with Crippen molar-refractivity contribution in [2.45, 2.75) is 39.3 Å². The molecule has 0 aliphatic rings. The molecule has 0 fully saturated rings. The summed E-state index contributed by atoms with van der Waals surface area (Å²) in [4.78, 5) is 15.5. The van der Waals surface area contributed by atoms with Gasteiger partial charge in [0.05, 0.1) is 18.5 Å². The zero-order valence-electron chi connectivity index (χ0n) is 10.8. The van der Waals surface area contributed by atoms with Crippen LogP contribution in [0.25, 0.3) is 0 Å². The van der Waals surface area contributed by atoms with Gasteiger partial charge in [0.15, 0.2) is 6.61 Å². The monoisotopic (exact) mass is 252 g/mol. The Hall–Kier alpha value is -1.62. The van der Waals surface area contributed by atoms with Gasteiger partial charge in [-0.05, 0) is 25.0 Å². The van der Waals surface area contributed by atoms with Crippen LogP contribution >= 0.6 is 0 Å². The molecule has 18 heavy (non-hydrogen) atoms. The first kappa shape index (κ1) is 14.4. The molecule has 1 amide bonds. The number of hydrogen-bond acceptors (Lipinski definition) is 4. The molecule has 2 N–H and O–H groups in total. The van der Waals surface area contributed by atoms with Gasteiger partial charge in [0.2, 0.25) is 0 Å². The number of aromatic nitrogens is 1. The van der Waals surface area contributed by atoms with Gasteiger partial charge in [-0.3, -0.25) is 9.78 Å². The molecule has 0 saturated carbocycles. The number of ether oxygens (including phenoxy) is 1. The summed E-state index contributed by atoms with van der Waals surface area (Å²) in [7, 11) is 0. The van der Waals surface area contributed by atoms with Gasteiger partial charge >= 0.3 is 0 Å². The Labute approximate surface area is 107 Å². The van der Waals surface area contributed by atoms with Gasteiger partial charge in [-0.25, -0.2) is 0 Å². The molecule has 0 saturated heterocycles. The Morgan fingerprint density at radius 3 is 2.67 bits per heavy atom. The Balaban J connectivity index is 2.37. The minimum absolute atomic E-state index is 0.0172. The highest BCUT2D eigenvalue weighted by Gasteiger charge is 2.08. The summed E-state index contributed by atoms with van der Waals surface area (Å²) in [5.74, 6) is 0.391. The fourth-order valence-electron chi connectivity index (χ4n) is 1.50. The van der Waals surface area contributed by atoms with Gasteiger partial charge in [0.1, 0.15) is 5.75 Å². The number of amides is 1. The molecule has 0 unspecified atom stereocenters. The van der Waals surface area contributed by atoms with Crippen molar-refractivity contribution in [3.05, 3.63) is 24.0 Å². The first-order valence-corrected chi connectivity index (χ1v) is 6.17. The molecule has 0 bridgehead atoms. The van der Waals surface area contributed by atoms with Crippen LogP contribution < -0.4 is 10.1 Å². The van der Waals surface area contributed by atoms with Gasteiger partial charge < -0.3 is 15.2 Å². The van der Waals surface area contributed by atoms with Gasteiger partial charge in [0.25, 0.3) is 5.91 Å². The number of aliphatic hydroxyl groups excluding tert-OH is 1. The molecule has 0 aliphatic carbocycles. The highest BCUT2D eigenvalue weighted by molar-refractivity contribution is 5.77. The summed E-state index contributed by atoms with van der Waals surface area (Å²) >= 11 is 0. The Morgan fingerprint density at radius 1 is 1.44 bits per heavy atom. The van der Waals surface area contributed by atoms with Crippen LogP contribution in [0.2, 0.25) is 0 Å². The number of nitrogens with zero attached hydrogens (tertiary/aromatic N) is 1. The third-order valence-corrected chi connectivity index (χ3v) is 2.68. The number of aliphatic hydroxyl groups is 1. The van der Waals surface area contributed by atoms with E-state index < -0.39 is 0 Å². The fourth-order valence-corrected chi connectivity index (χ4v) is 1.50. The molecule has 0 atom stereocenters. The van der Waals surface area contributed by atoms with Gasteiger partial charge in [-0.2, -0.15) is 0 Å². The average molecular weight is 252 g/mol. The maximum absolute atomic E-state index is 11.6. The van der Waals surface area contributed by atoms with Crippen molar-refractivity contribution in [1.29, 1.82) is 0 Å².